The van der Waals surface area contributed by atoms with Crippen molar-refractivity contribution in [2.45, 2.75) is 20.3 Å². The van der Waals surface area contributed by atoms with Crippen LogP contribution in [0.15, 0.2) is 12.4 Å². The Kier molecular flexibility index (Phi) is 5.69. The first-order valence-corrected chi connectivity index (χ1v) is 6.13. The Labute approximate surface area is 103 Å². The van der Waals surface area contributed by atoms with Crippen LogP contribution in [0.1, 0.15) is 19.4 Å². The Morgan fingerprint density at radius 3 is 2.71 bits per heavy atom. The van der Waals surface area contributed by atoms with Gasteiger partial charge in [0.2, 0.25) is 5.91 Å². The number of carbonyl (C=O) groups excluding carboxylic acids is 1. The second-order valence-corrected chi connectivity index (χ2v) is 4.02. The smallest absolute Gasteiger partial charge is 0.236 e. The maximum Gasteiger partial charge on any atom is 0.236 e. The summed E-state index contributed by atoms with van der Waals surface area (Å²) in [5.74, 6) is 0.168. The Balaban J connectivity index is 2.17. The van der Waals surface area contributed by atoms with Gasteiger partial charge in [-0.3, -0.25) is 9.48 Å². The van der Waals surface area contributed by atoms with Crippen molar-refractivity contribution < 1.29 is 4.79 Å². The van der Waals surface area contributed by atoms with E-state index >= 15 is 0 Å². The van der Waals surface area contributed by atoms with Gasteiger partial charge < -0.3 is 10.2 Å². The van der Waals surface area contributed by atoms with Crippen molar-refractivity contribution in [3.05, 3.63) is 18.0 Å². The summed E-state index contributed by atoms with van der Waals surface area (Å²) in [7, 11) is 1.90. The molecule has 0 atom stereocenters. The number of aryl methyl sites for hydroxylation is 1. The molecule has 17 heavy (non-hydrogen) atoms. The van der Waals surface area contributed by atoms with E-state index in [1.807, 2.05) is 38.2 Å². The monoisotopic (exact) mass is 238 g/mol. The molecule has 1 amide bonds. The van der Waals surface area contributed by atoms with E-state index < -0.39 is 0 Å². The largest absolute Gasteiger partial charge is 0.342 e. The van der Waals surface area contributed by atoms with Crippen molar-refractivity contribution in [2.24, 2.45) is 7.05 Å². The highest BCUT2D eigenvalue weighted by Gasteiger charge is 2.07. The highest BCUT2D eigenvalue weighted by molar-refractivity contribution is 5.78. The van der Waals surface area contributed by atoms with Gasteiger partial charge in [0.15, 0.2) is 0 Å². The maximum atomic E-state index is 11.7. The first-order chi connectivity index (χ1) is 8.17. The van der Waals surface area contributed by atoms with E-state index in [2.05, 4.69) is 10.4 Å². The predicted octanol–water partition coefficient (Wildman–Crippen LogP) is 0.421. The van der Waals surface area contributed by atoms with Gasteiger partial charge in [0.1, 0.15) is 0 Å². The summed E-state index contributed by atoms with van der Waals surface area (Å²) in [6, 6.07) is 0. The lowest BCUT2D eigenvalue weighted by Crippen LogP contribution is -2.38. The third-order valence-corrected chi connectivity index (χ3v) is 2.74. The number of hydrogen-bond donors (Lipinski definition) is 1. The van der Waals surface area contributed by atoms with E-state index in [-0.39, 0.29) is 5.91 Å². The topological polar surface area (TPSA) is 50.2 Å². The Bertz CT molecular complexity index is 344. The molecule has 1 rings (SSSR count). The molecule has 1 aromatic rings. The molecule has 5 heteroatoms. The quantitative estimate of drug-likeness (QED) is 0.700. The number of aromatic nitrogens is 2. The zero-order chi connectivity index (χ0) is 12.7. The minimum Gasteiger partial charge on any atom is -0.342 e. The van der Waals surface area contributed by atoms with Crippen LogP contribution in [0.2, 0.25) is 0 Å². The van der Waals surface area contributed by atoms with Crippen LogP contribution in [0.5, 0.6) is 0 Å². The summed E-state index contributed by atoms with van der Waals surface area (Å²) in [6.07, 6.45) is 4.75. The van der Waals surface area contributed by atoms with Crippen molar-refractivity contribution in [2.75, 3.05) is 26.2 Å². The van der Waals surface area contributed by atoms with Crippen molar-refractivity contribution >= 4 is 5.91 Å². The van der Waals surface area contributed by atoms with Gasteiger partial charge >= 0.3 is 0 Å². The molecule has 0 unspecified atom stereocenters. The molecule has 0 aliphatic heterocycles. The molecule has 1 heterocycles. The van der Waals surface area contributed by atoms with Crippen LogP contribution < -0.4 is 5.32 Å². The first-order valence-electron chi connectivity index (χ1n) is 6.13. The molecule has 1 N–H and O–H groups in total. The van der Waals surface area contributed by atoms with E-state index in [1.165, 1.54) is 5.56 Å². The van der Waals surface area contributed by atoms with Crippen LogP contribution in [-0.4, -0.2) is 46.8 Å². The van der Waals surface area contributed by atoms with Crippen molar-refractivity contribution in [1.82, 2.24) is 20.0 Å². The van der Waals surface area contributed by atoms with Gasteiger partial charge in [-0.05, 0) is 32.4 Å². The summed E-state index contributed by atoms with van der Waals surface area (Å²) in [6.45, 7) is 6.77. The van der Waals surface area contributed by atoms with E-state index in [4.69, 9.17) is 0 Å². The second kappa shape index (κ2) is 7.06. The van der Waals surface area contributed by atoms with Crippen molar-refractivity contribution in [1.29, 1.82) is 0 Å². The normalized spacial score (nSPS) is 10.5. The standard InChI is InChI=1S/C12H22N4O/c1-4-16(5-2)12(17)9-13-7-6-11-8-14-15(3)10-11/h8,10,13H,4-7,9H2,1-3H3. The number of nitrogens with one attached hydrogen (secondary N) is 1. The molecule has 0 fully saturated rings. The summed E-state index contributed by atoms with van der Waals surface area (Å²) in [5, 5.41) is 7.26. The molecule has 0 aliphatic carbocycles. The van der Waals surface area contributed by atoms with Gasteiger partial charge in [-0.1, -0.05) is 0 Å². The van der Waals surface area contributed by atoms with Gasteiger partial charge in [0, 0.05) is 26.3 Å². The van der Waals surface area contributed by atoms with Crippen molar-refractivity contribution in [3.63, 3.8) is 0 Å². The zero-order valence-electron chi connectivity index (χ0n) is 10.9. The fraction of sp³-hybridized carbons (Fsp3) is 0.667. The number of hydrogen-bond acceptors (Lipinski definition) is 3. The predicted molar refractivity (Wildman–Crippen MR) is 67.7 cm³/mol. The number of rotatable bonds is 7. The van der Waals surface area contributed by atoms with Gasteiger partial charge in [0.05, 0.1) is 12.7 Å². The molecular formula is C12H22N4O. The van der Waals surface area contributed by atoms with Crippen LogP contribution in [-0.2, 0) is 18.3 Å². The molecule has 96 valence electrons. The highest BCUT2D eigenvalue weighted by Crippen LogP contribution is 1.96. The molecule has 0 saturated carbocycles. The van der Waals surface area contributed by atoms with E-state index in [0.717, 1.165) is 26.1 Å². The van der Waals surface area contributed by atoms with Crippen LogP contribution in [0.3, 0.4) is 0 Å². The molecule has 0 saturated heterocycles. The molecule has 0 aliphatic rings. The number of likely N-dealkylation sites (N-methyl/N-ethyl adjacent to an activating group) is 1. The number of carbonyl (C=O) groups is 1. The molecule has 5 nitrogen and oxygen atoms in total. The minimum absolute atomic E-state index is 0.168. The Morgan fingerprint density at radius 1 is 1.47 bits per heavy atom. The lowest BCUT2D eigenvalue weighted by atomic mass is 10.2. The molecule has 0 radical (unpaired) electrons. The highest BCUT2D eigenvalue weighted by atomic mass is 16.2. The second-order valence-electron chi connectivity index (χ2n) is 4.02. The number of amides is 1. The van der Waals surface area contributed by atoms with E-state index in [1.54, 1.807) is 4.68 Å². The average Bonchev–Trinajstić information content (AvgIpc) is 2.72. The van der Waals surface area contributed by atoms with Gasteiger partial charge in [-0.15, -0.1) is 0 Å². The van der Waals surface area contributed by atoms with E-state index in [0.29, 0.717) is 6.54 Å². The summed E-state index contributed by atoms with van der Waals surface area (Å²) in [5.41, 5.74) is 1.19. The van der Waals surface area contributed by atoms with Gasteiger partial charge in [-0.2, -0.15) is 5.10 Å². The van der Waals surface area contributed by atoms with Gasteiger partial charge in [0.25, 0.3) is 0 Å². The first kappa shape index (κ1) is 13.7. The Hall–Kier alpha value is -1.36. The summed E-state index contributed by atoms with van der Waals surface area (Å²) >= 11 is 0. The van der Waals surface area contributed by atoms with Crippen LogP contribution >= 0.6 is 0 Å². The lowest BCUT2D eigenvalue weighted by Gasteiger charge is -2.18. The average molecular weight is 238 g/mol. The third-order valence-electron chi connectivity index (χ3n) is 2.74. The lowest BCUT2D eigenvalue weighted by molar-refractivity contribution is -0.129. The van der Waals surface area contributed by atoms with Crippen LogP contribution in [0, 0.1) is 0 Å². The van der Waals surface area contributed by atoms with Crippen molar-refractivity contribution in [3.8, 4) is 0 Å². The fourth-order valence-electron chi connectivity index (χ4n) is 1.72. The minimum atomic E-state index is 0.168. The summed E-state index contributed by atoms with van der Waals surface area (Å²) in [4.78, 5) is 13.5. The molecule has 1 aromatic heterocycles. The molecular weight excluding hydrogens is 216 g/mol. The van der Waals surface area contributed by atoms with Crippen LogP contribution in [0.25, 0.3) is 0 Å². The molecule has 0 spiro atoms. The zero-order valence-corrected chi connectivity index (χ0v) is 10.9. The van der Waals surface area contributed by atoms with E-state index in [9.17, 15) is 4.79 Å². The Morgan fingerprint density at radius 2 is 2.18 bits per heavy atom. The van der Waals surface area contributed by atoms with Crippen LogP contribution in [0.4, 0.5) is 0 Å². The molecule has 0 bridgehead atoms. The fourth-order valence-corrected chi connectivity index (χ4v) is 1.72. The maximum absolute atomic E-state index is 11.7. The SMILES string of the molecule is CCN(CC)C(=O)CNCCc1cnn(C)c1. The third kappa shape index (κ3) is 4.56. The summed E-state index contributed by atoms with van der Waals surface area (Å²) < 4.78 is 1.79. The molecule has 0 aromatic carbocycles. The number of nitrogens with zero attached hydrogens (tertiary/aromatic N) is 3. The van der Waals surface area contributed by atoms with Gasteiger partial charge in [-0.25, -0.2) is 0 Å².